The number of aryl methyl sites for hydroxylation is 1. The predicted molar refractivity (Wildman–Crippen MR) is 72.7 cm³/mol. The Morgan fingerprint density at radius 2 is 2.25 bits per heavy atom. The Morgan fingerprint density at radius 1 is 1.56 bits per heavy atom. The number of rotatable bonds is 4. The monoisotopic (exact) mass is 333 g/mol. The average Bonchev–Trinajstić information content (AvgIpc) is 2.22. The van der Waals surface area contributed by atoms with Gasteiger partial charge in [-0.2, -0.15) is 0 Å². The molecule has 16 heavy (non-hydrogen) atoms. The molecule has 0 fully saturated rings. The standard InChI is InChI=1S/C12H16INO2/c1-8-6-10(4-5-11(8)13)12(15)14-9(2)7-16-3/h4-6,9H,7H2,1-3H3,(H,14,15). The van der Waals surface area contributed by atoms with Gasteiger partial charge in [-0.1, -0.05) is 0 Å². The van der Waals surface area contributed by atoms with Gasteiger partial charge in [0.2, 0.25) is 0 Å². The van der Waals surface area contributed by atoms with Gasteiger partial charge in [-0.05, 0) is 60.2 Å². The number of methoxy groups -OCH3 is 1. The highest BCUT2D eigenvalue weighted by molar-refractivity contribution is 14.1. The molecule has 1 atom stereocenters. The zero-order chi connectivity index (χ0) is 12.1. The van der Waals surface area contributed by atoms with E-state index in [1.165, 1.54) is 3.57 Å². The maximum atomic E-state index is 11.8. The lowest BCUT2D eigenvalue weighted by molar-refractivity contribution is 0.0905. The van der Waals surface area contributed by atoms with Gasteiger partial charge in [0.15, 0.2) is 0 Å². The van der Waals surface area contributed by atoms with Crippen molar-refractivity contribution < 1.29 is 9.53 Å². The molecule has 0 saturated heterocycles. The molecule has 88 valence electrons. The Labute approximate surface area is 110 Å². The van der Waals surface area contributed by atoms with Crippen LogP contribution in [-0.4, -0.2) is 25.7 Å². The average molecular weight is 333 g/mol. The van der Waals surface area contributed by atoms with Crippen molar-refractivity contribution >= 4 is 28.5 Å². The van der Waals surface area contributed by atoms with Crippen LogP contribution in [0, 0.1) is 10.5 Å². The number of carbonyl (C=O) groups is 1. The van der Waals surface area contributed by atoms with E-state index in [9.17, 15) is 4.79 Å². The zero-order valence-electron chi connectivity index (χ0n) is 9.71. The van der Waals surface area contributed by atoms with Crippen molar-refractivity contribution in [2.75, 3.05) is 13.7 Å². The van der Waals surface area contributed by atoms with Crippen LogP contribution in [0.1, 0.15) is 22.8 Å². The molecular weight excluding hydrogens is 317 g/mol. The first-order valence-electron chi connectivity index (χ1n) is 5.10. The van der Waals surface area contributed by atoms with Crippen molar-refractivity contribution in [2.45, 2.75) is 19.9 Å². The minimum Gasteiger partial charge on any atom is -0.383 e. The molecule has 0 radical (unpaired) electrons. The van der Waals surface area contributed by atoms with E-state index in [4.69, 9.17) is 4.74 Å². The molecule has 0 bridgehead atoms. The van der Waals surface area contributed by atoms with Gasteiger partial charge < -0.3 is 10.1 Å². The Hall–Kier alpha value is -0.620. The van der Waals surface area contributed by atoms with Gasteiger partial charge in [0.25, 0.3) is 5.91 Å². The first-order valence-corrected chi connectivity index (χ1v) is 6.18. The Balaban J connectivity index is 2.69. The summed E-state index contributed by atoms with van der Waals surface area (Å²) in [6.07, 6.45) is 0. The fourth-order valence-electron chi connectivity index (χ4n) is 1.38. The fraction of sp³-hybridized carbons (Fsp3) is 0.417. The summed E-state index contributed by atoms with van der Waals surface area (Å²) in [6, 6.07) is 5.71. The summed E-state index contributed by atoms with van der Waals surface area (Å²) in [5.41, 5.74) is 1.81. The lowest BCUT2D eigenvalue weighted by Gasteiger charge is -2.13. The largest absolute Gasteiger partial charge is 0.383 e. The molecular formula is C12H16INO2. The third-order valence-electron chi connectivity index (χ3n) is 2.21. The van der Waals surface area contributed by atoms with Crippen LogP contribution >= 0.6 is 22.6 Å². The van der Waals surface area contributed by atoms with Crippen LogP contribution in [0.15, 0.2) is 18.2 Å². The molecule has 1 N–H and O–H groups in total. The minimum absolute atomic E-state index is 0.0251. The summed E-state index contributed by atoms with van der Waals surface area (Å²) in [5.74, 6) is -0.0518. The van der Waals surface area contributed by atoms with Crippen LogP contribution in [-0.2, 0) is 4.74 Å². The van der Waals surface area contributed by atoms with Crippen LogP contribution in [0.4, 0.5) is 0 Å². The van der Waals surface area contributed by atoms with Crippen molar-refractivity contribution in [3.05, 3.63) is 32.9 Å². The first kappa shape index (κ1) is 13.4. The maximum absolute atomic E-state index is 11.8. The lowest BCUT2D eigenvalue weighted by Crippen LogP contribution is -2.35. The molecule has 3 nitrogen and oxygen atoms in total. The van der Waals surface area contributed by atoms with E-state index in [1.54, 1.807) is 7.11 Å². The summed E-state index contributed by atoms with van der Waals surface area (Å²) < 4.78 is 6.13. The fourth-order valence-corrected chi connectivity index (χ4v) is 1.72. The number of nitrogens with one attached hydrogen (secondary N) is 1. The highest BCUT2D eigenvalue weighted by Crippen LogP contribution is 2.13. The Kier molecular flexibility index (Phi) is 5.21. The lowest BCUT2D eigenvalue weighted by atomic mass is 10.1. The van der Waals surface area contributed by atoms with E-state index in [0.717, 1.165) is 5.56 Å². The number of hydrogen-bond acceptors (Lipinski definition) is 2. The first-order chi connectivity index (χ1) is 7.54. The molecule has 1 aromatic rings. The van der Waals surface area contributed by atoms with E-state index in [0.29, 0.717) is 12.2 Å². The number of amides is 1. The summed E-state index contributed by atoms with van der Waals surface area (Å²) >= 11 is 2.25. The van der Waals surface area contributed by atoms with E-state index in [2.05, 4.69) is 27.9 Å². The molecule has 0 saturated carbocycles. The normalized spacial score (nSPS) is 12.2. The Bertz CT molecular complexity index is 379. The van der Waals surface area contributed by atoms with Gasteiger partial charge in [-0.25, -0.2) is 0 Å². The summed E-state index contributed by atoms with van der Waals surface area (Å²) in [5, 5.41) is 2.88. The quantitative estimate of drug-likeness (QED) is 0.859. The molecule has 0 heterocycles. The summed E-state index contributed by atoms with van der Waals surface area (Å²) in [6.45, 7) is 4.44. The molecule has 4 heteroatoms. The Morgan fingerprint density at radius 3 is 2.81 bits per heavy atom. The van der Waals surface area contributed by atoms with Gasteiger partial charge in [0.05, 0.1) is 6.61 Å². The van der Waals surface area contributed by atoms with Crippen molar-refractivity contribution in [2.24, 2.45) is 0 Å². The summed E-state index contributed by atoms with van der Waals surface area (Å²) in [7, 11) is 1.62. The van der Waals surface area contributed by atoms with Crippen molar-refractivity contribution in [1.29, 1.82) is 0 Å². The number of halogens is 1. The third kappa shape index (κ3) is 3.75. The van der Waals surface area contributed by atoms with Gasteiger partial charge in [0, 0.05) is 22.3 Å². The second-order valence-electron chi connectivity index (χ2n) is 3.79. The van der Waals surface area contributed by atoms with E-state index in [1.807, 2.05) is 32.0 Å². The molecule has 0 aromatic heterocycles. The minimum atomic E-state index is -0.0518. The van der Waals surface area contributed by atoms with Crippen molar-refractivity contribution in [3.8, 4) is 0 Å². The molecule has 0 aliphatic rings. The molecule has 0 spiro atoms. The topological polar surface area (TPSA) is 38.3 Å². The van der Waals surface area contributed by atoms with Crippen LogP contribution in [0.25, 0.3) is 0 Å². The molecule has 1 aromatic carbocycles. The molecule has 0 aliphatic heterocycles. The number of hydrogen-bond donors (Lipinski definition) is 1. The number of ether oxygens (including phenoxy) is 1. The smallest absolute Gasteiger partial charge is 0.251 e. The van der Waals surface area contributed by atoms with Gasteiger partial charge >= 0.3 is 0 Å². The van der Waals surface area contributed by atoms with Gasteiger partial charge in [-0.15, -0.1) is 0 Å². The molecule has 1 unspecified atom stereocenters. The zero-order valence-corrected chi connectivity index (χ0v) is 11.9. The highest BCUT2D eigenvalue weighted by atomic mass is 127. The van der Waals surface area contributed by atoms with Crippen LogP contribution in [0.5, 0.6) is 0 Å². The third-order valence-corrected chi connectivity index (χ3v) is 3.42. The van der Waals surface area contributed by atoms with Crippen LogP contribution in [0.2, 0.25) is 0 Å². The van der Waals surface area contributed by atoms with E-state index in [-0.39, 0.29) is 11.9 Å². The van der Waals surface area contributed by atoms with Crippen molar-refractivity contribution in [3.63, 3.8) is 0 Å². The van der Waals surface area contributed by atoms with Crippen molar-refractivity contribution in [1.82, 2.24) is 5.32 Å². The molecule has 1 rings (SSSR count). The van der Waals surface area contributed by atoms with E-state index >= 15 is 0 Å². The summed E-state index contributed by atoms with van der Waals surface area (Å²) in [4.78, 5) is 11.8. The second-order valence-corrected chi connectivity index (χ2v) is 4.96. The van der Waals surface area contributed by atoms with Gasteiger partial charge in [-0.3, -0.25) is 4.79 Å². The molecule has 0 aliphatic carbocycles. The molecule has 1 amide bonds. The van der Waals surface area contributed by atoms with Gasteiger partial charge in [0.1, 0.15) is 0 Å². The SMILES string of the molecule is COCC(C)NC(=O)c1ccc(I)c(C)c1. The van der Waals surface area contributed by atoms with E-state index < -0.39 is 0 Å². The highest BCUT2D eigenvalue weighted by Gasteiger charge is 2.10. The second kappa shape index (κ2) is 6.20. The maximum Gasteiger partial charge on any atom is 0.251 e. The predicted octanol–water partition coefficient (Wildman–Crippen LogP) is 2.36. The van der Waals surface area contributed by atoms with Crippen LogP contribution < -0.4 is 5.32 Å². The number of benzene rings is 1. The number of carbonyl (C=O) groups excluding carboxylic acids is 1. The van der Waals surface area contributed by atoms with Crippen LogP contribution in [0.3, 0.4) is 0 Å².